The minimum Gasteiger partial charge on any atom is -0.369 e. The van der Waals surface area contributed by atoms with Gasteiger partial charge in [-0.15, -0.1) is 0 Å². The zero-order chi connectivity index (χ0) is 25.4. The quantitative estimate of drug-likeness (QED) is 0.455. The van der Waals surface area contributed by atoms with Crippen LogP contribution in [0.3, 0.4) is 0 Å². The number of piperazine rings is 1. The number of nitrogens with one attached hydrogen (secondary N) is 3. The maximum absolute atomic E-state index is 14.0. The highest BCUT2D eigenvalue weighted by Gasteiger charge is 2.35. The minimum absolute atomic E-state index is 0.0724. The van der Waals surface area contributed by atoms with Gasteiger partial charge in [-0.25, -0.2) is 4.98 Å². The maximum atomic E-state index is 14.0. The van der Waals surface area contributed by atoms with Crippen molar-refractivity contribution in [1.82, 2.24) is 20.2 Å². The van der Waals surface area contributed by atoms with Crippen molar-refractivity contribution in [3.63, 3.8) is 0 Å². The van der Waals surface area contributed by atoms with Crippen LogP contribution in [0.1, 0.15) is 21.5 Å². The number of fused-ring (bicyclic) bond motifs is 1. The summed E-state index contributed by atoms with van der Waals surface area (Å²) in [4.78, 5) is 24.6. The van der Waals surface area contributed by atoms with E-state index in [0.717, 1.165) is 24.7 Å². The Balaban J connectivity index is 1.42. The van der Waals surface area contributed by atoms with E-state index in [1.807, 2.05) is 18.0 Å². The van der Waals surface area contributed by atoms with Gasteiger partial charge in [0.2, 0.25) is 5.95 Å². The molecule has 0 atom stereocenters. The smallest absolute Gasteiger partial charge is 0.369 e. The van der Waals surface area contributed by atoms with E-state index in [1.54, 1.807) is 18.2 Å². The number of aromatic nitrogens is 2. The van der Waals surface area contributed by atoms with Crippen LogP contribution in [-0.2, 0) is 12.7 Å². The molecule has 1 fully saturated rings. The van der Waals surface area contributed by atoms with Crippen molar-refractivity contribution in [2.45, 2.75) is 12.7 Å². The molecule has 2 aliphatic rings. The first-order chi connectivity index (χ1) is 17.2. The molecule has 0 unspecified atom stereocenters. The lowest BCUT2D eigenvalue weighted by Crippen LogP contribution is -2.44. The van der Waals surface area contributed by atoms with Gasteiger partial charge < -0.3 is 25.8 Å². The summed E-state index contributed by atoms with van der Waals surface area (Å²) >= 11 is 6.25. The van der Waals surface area contributed by atoms with Gasteiger partial charge in [0.15, 0.2) is 5.82 Å². The van der Waals surface area contributed by atoms with Crippen molar-refractivity contribution in [3.8, 4) is 0 Å². The molecule has 0 aliphatic carbocycles. The highest BCUT2D eigenvalue weighted by Crippen LogP contribution is 2.39. The Kier molecular flexibility index (Phi) is 6.35. The molecule has 188 valence electrons. The number of alkyl halides is 3. The SMILES string of the molecule is CN1CCN(c2ccc(Nc3ncc(Cl)c(Nc4cccc5c4C(=O)NC5)n3)c(C(F)(F)F)c2)CC1. The molecule has 1 amide bonds. The van der Waals surface area contributed by atoms with Gasteiger partial charge in [0.1, 0.15) is 5.02 Å². The van der Waals surface area contributed by atoms with Crippen molar-refractivity contribution in [1.29, 1.82) is 0 Å². The first-order valence-electron chi connectivity index (χ1n) is 11.3. The number of benzene rings is 2. The summed E-state index contributed by atoms with van der Waals surface area (Å²) in [6.07, 6.45) is -3.30. The van der Waals surface area contributed by atoms with Gasteiger partial charge in [-0.05, 0) is 36.9 Å². The number of carbonyl (C=O) groups excluding carboxylic acids is 1. The number of amides is 1. The summed E-state index contributed by atoms with van der Waals surface area (Å²) in [5.41, 5.74) is 1.31. The van der Waals surface area contributed by atoms with E-state index < -0.39 is 11.7 Å². The number of carbonyl (C=O) groups is 1. The fraction of sp³-hybridized carbons (Fsp3) is 0.292. The standard InChI is InChI=1S/C24H23ClF3N7O/c1-34-7-9-35(10-8-34)15-5-6-18(16(11-15)24(26,27)28)32-23-30-13-17(25)21(33-23)31-19-4-2-3-14-12-29-22(36)20(14)19/h2-6,11,13H,7-10,12H2,1H3,(H,29,36)(H2,30,31,32,33). The van der Waals surface area contributed by atoms with Gasteiger partial charge in [0.25, 0.3) is 5.91 Å². The summed E-state index contributed by atoms with van der Waals surface area (Å²) in [5, 5.41) is 8.60. The van der Waals surface area contributed by atoms with E-state index in [4.69, 9.17) is 11.6 Å². The molecular weight excluding hydrogens is 495 g/mol. The van der Waals surface area contributed by atoms with Gasteiger partial charge >= 0.3 is 6.18 Å². The Labute approximate surface area is 210 Å². The third-order valence-corrected chi connectivity index (χ3v) is 6.51. The van der Waals surface area contributed by atoms with Gasteiger partial charge in [0, 0.05) is 38.4 Å². The van der Waals surface area contributed by atoms with Gasteiger partial charge in [-0.2, -0.15) is 18.2 Å². The number of rotatable bonds is 5. The van der Waals surface area contributed by atoms with Crippen LogP contribution in [0.15, 0.2) is 42.6 Å². The summed E-state index contributed by atoms with van der Waals surface area (Å²) in [5.74, 6) is -0.145. The molecule has 1 aromatic heterocycles. The molecule has 2 aromatic carbocycles. The molecule has 1 saturated heterocycles. The molecule has 3 heterocycles. The topological polar surface area (TPSA) is 85.4 Å². The zero-order valence-corrected chi connectivity index (χ0v) is 20.0. The Morgan fingerprint density at radius 3 is 2.58 bits per heavy atom. The monoisotopic (exact) mass is 517 g/mol. The molecule has 12 heteroatoms. The number of anilines is 5. The van der Waals surface area contributed by atoms with Crippen LogP contribution in [0.5, 0.6) is 0 Å². The molecule has 2 aliphatic heterocycles. The molecule has 0 saturated carbocycles. The van der Waals surface area contributed by atoms with E-state index in [0.29, 0.717) is 36.6 Å². The zero-order valence-electron chi connectivity index (χ0n) is 19.3. The van der Waals surface area contributed by atoms with E-state index in [2.05, 4.69) is 30.8 Å². The van der Waals surface area contributed by atoms with Crippen LogP contribution < -0.4 is 20.9 Å². The van der Waals surface area contributed by atoms with Crippen LogP contribution in [-0.4, -0.2) is 54.0 Å². The molecule has 8 nitrogen and oxygen atoms in total. The molecule has 3 aromatic rings. The third-order valence-electron chi connectivity index (χ3n) is 6.24. The predicted molar refractivity (Wildman–Crippen MR) is 132 cm³/mol. The molecule has 3 N–H and O–H groups in total. The summed E-state index contributed by atoms with van der Waals surface area (Å²) in [7, 11) is 1.99. The number of hydrogen-bond acceptors (Lipinski definition) is 7. The third kappa shape index (κ3) is 4.89. The number of nitrogens with zero attached hydrogens (tertiary/aromatic N) is 4. The van der Waals surface area contributed by atoms with E-state index >= 15 is 0 Å². The summed E-state index contributed by atoms with van der Waals surface area (Å²) in [6, 6.07) is 9.51. The minimum atomic E-state index is -4.59. The Bertz CT molecular complexity index is 1310. The van der Waals surface area contributed by atoms with Crippen LogP contribution >= 0.6 is 11.6 Å². The number of halogens is 4. The normalized spacial score (nSPS) is 16.0. The van der Waals surface area contributed by atoms with E-state index in [9.17, 15) is 18.0 Å². The van der Waals surface area contributed by atoms with Crippen LogP contribution in [0.2, 0.25) is 5.02 Å². The van der Waals surface area contributed by atoms with E-state index in [1.165, 1.54) is 12.3 Å². The Morgan fingerprint density at radius 1 is 1.06 bits per heavy atom. The lowest BCUT2D eigenvalue weighted by molar-refractivity contribution is -0.136. The first kappa shape index (κ1) is 24.1. The first-order valence-corrected chi connectivity index (χ1v) is 11.7. The van der Waals surface area contributed by atoms with Crippen LogP contribution in [0.25, 0.3) is 0 Å². The molecule has 0 radical (unpaired) electrons. The summed E-state index contributed by atoms with van der Waals surface area (Å²) < 4.78 is 41.9. The molecule has 5 rings (SSSR count). The Hall–Kier alpha value is -3.57. The highest BCUT2D eigenvalue weighted by atomic mass is 35.5. The second-order valence-corrected chi connectivity index (χ2v) is 9.09. The second kappa shape index (κ2) is 9.47. The fourth-order valence-electron chi connectivity index (χ4n) is 4.28. The predicted octanol–water partition coefficient (Wildman–Crippen LogP) is 4.63. The summed E-state index contributed by atoms with van der Waals surface area (Å²) in [6.45, 7) is 3.27. The Morgan fingerprint density at radius 2 is 1.83 bits per heavy atom. The molecule has 36 heavy (non-hydrogen) atoms. The largest absolute Gasteiger partial charge is 0.418 e. The van der Waals surface area contributed by atoms with Crippen molar-refractivity contribution in [2.24, 2.45) is 0 Å². The second-order valence-electron chi connectivity index (χ2n) is 8.68. The average Bonchev–Trinajstić information content (AvgIpc) is 3.23. The van der Waals surface area contributed by atoms with Crippen LogP contribution in [0, 0.1) is 0 Å². The highest BCUT2D eigenvalue weighted by molar-refractivity contribution is 6.33. The average molecular weight is 518 g/mol. The number of likely N-dealkylation sites (N-methyl/N-ethyl adjacent to an activating group) is 1. The number of hydrogen-bond donors (Lipinski definition) is 3. The lowest BCUT2D eigenvalue weighted by atomic mass is 10.1. The van der Waals surface area contributed by atoms with Crippen molar-refractivity contribution in [3.05, 3.63) is 64.3 Å². The molecule has 0 bridgehead atoms. The van der Waals surface area contributed by atoms with E-state index in [-0.39, 0.29) is 28.4 Å². The van der Waals surface area contributed by atoms with Crippen LogP contribution in [0.4, 0.5) is 42.0 Å². The van der Waals surface area contributed by atoms with Crippen molar-refractivity contribution < 1.29 is 18.0 Å². The maximum Gasteiger partial charge on any atom is 0.418 e. The van der Waals surface area contributed by atoms with Gasteiger partial charge in [-0.3, -0.25) is 4.79 Å². The fourth-order valence-corrected chi connectivity index (χ4v) is 4.42. The lowest BCUT2D eigenvalue weighted by Gasteiger charge is -2.34. The van der Waals surface area contributed by atoms with Crippen molar-refractivity contribution >= 4 is 46.3 Å². The van der Waals surface area contributed by atoms with Gasteiger partial charge in [-0.1, -0.05) is 23.7 Å². The molecular formula is C24H23ClF3N7O. The molecule has 0 spiro atoms. The van der Waals surface area contributed by atoms with Gasteiger partial charge in [0.05, 0.1) is 28.7 Å². The van der Waals surface area contributed by atoms with Crippen molar-refractivity contribution in [2.75, 3.05) is 48.8 Å².